The Kier molecular flexibility index (Phi) is 8.96. The Labute approximate surface area is 305 Å². The minimum absolute atomic E-state index is 0.0324. The standard InChI is InChI=1S/C28H21ClF2N8O3S.C7H12FN/c1-41-27-35-22-19-23(20(29)18(21(22)31)14-2-3-16(30)24-17(14)15(8-32)25(33)43-24)42-7-6-37(26(19)36-27)9-13-10-39(11-13)28(40)38-5-4-34-12-38;8-6-4-7-2-1-3-9(7)5-6/h2-5,12-13H,6-7,9-11,33H2,1H3;6-7H,1-5H2. The predicted octanol–water partition coefficient (Wildman–Crippen LogP) is 6.09. The number of rotatable bonds is 4. The van der Waals surface area contributed by atoms with Crippen molar-refractivity contribution in [3.05, 3.63) is 53.1 Å². The largest absolute Gasteiger partial charge is 0.489 e. The van der Waals surface area contributed by atoms with Crippen molar-refractivity contribution >= 4 is 60.8 Å². The molecule has 270 valence electrons. The van der Waals surface area contributed by atoms with Gasteiger partial charge in [-0.2, -0.15) is 15.2 Å². The van der Waals surface area contributed by atoms with Crippen LogP contribution in [0.15, 0.2) is 30.9 Å². The fourth-order valence-corrected chi connectivity index (χ4v) is 8.98. The van der Waals surface area contributed by atoms with Crippen molar-refractivity contribution in [2.24, 2.45) is 5.92 Å². The molecule has 2 unspecified atom stereocenters. The highest BCUT2D eigenvalue weighted by molar-refractivity contribution is 7.23. The first-order valence-electron chi connectivity index (χ1n) is 16.9. The predicted molar refractivity (Wildman–Crippen MR) is 191 cm³/mol. The van der Waals surface area contributed by atoms with E-state index in [0.717, 1.165) is 24.3 Å². The van der Waals surface area contributed by atoms with Crippen LogP contribution in [0.1, 0.15) is 24.8 Å². The zero-order valence-electron chi connectivity index (χ0n) is 28.0. The van der Waals surface area contributed by atoms with Gasteiger partial charge in [-0.1, -0.05) is 17.7 Å². The molecule has 2 N–H and O–H groups in total. The molecule has 2 aromatic carbocycles. The number of ether oxygens (including phenoxy) is 2. The topological polar surface area (TPSA) is 139 Å². The number of nitrogen functional groups attached to an aromatic ring is 1. The molecule has 0 radical (unpaired) electrons. The Balaban J connectivity index is 0.000000372. The molecule has 7 heterocycles. The van der Waals surface area contributed by atoms with Gasteiger partial charge in [0.1, 0.15) is 47.3 Å². The monoisotopic (exact) mass is 751 g/mol. The SMILES string of the molecule is COc1nc2c3c(c(Cl)c(-c4ccc(F)c5sc(N)c(C#N)c45)c(F)c3n1)OCCN2CC1CN(C(=O)n2ccnc2)C1.FC1CC2CCCN2C1. The number of carbonyl (C=O) groups excluding carboxylic acids is 1. The number of likely N-dealkylation sites (tertiary alicyclic amines) is 1. The van der Waals surface area contributed by atoms with E-state index >= 15 is 4.39 Å². The lowest BCUT2D eigenvalue weighted by Gasteiger charge is -2.41. The van der Waals surface area contributed by atoms with Crippen LogP contribution in [0, 0.1) is 28.9 Å². The van der Waals surface area contributed by atoms with Crippen LogP contribution < -0.4 is 20.1 Å². The number of imidazole rings is 1. The van der Waals surface area contributed by atoms with E-state index in [4.69, 9.17) is 26.8 Å². The molecule has 0 saturated carbocycles. The number of amides is 1. The van der Waals surface area contributed by atoms with Crippen molar-refractivity contribution in [1.82, 2.24) is 29.3 Å². The van der Waals surface area contributed by atoms with Crippen LogP contribution >= 0.6 is 22.9 Å². The van der Waals surface area contributed by atoms with E-state index in [0.29, 0.717) is 44.6 Å². The number of nitrogens with two attached hydrogens (primary N) is 1. The first-order chi connectivity index (χ1) is 25.2. The van der Waals surface area contributed by atoms with Gasteiger partial charge in [0, 0.05) is 61.5 Å². The van der Waals surface area contributed by atoms with Crippen molar-refractivity contribution in [3.63, 3.8) is 0 Å². The molecule has 2 atom stereocenters. The smallest absolute Gasteiger partial charge is 0.329 e. The summed E-state index contributed by atoms with van der Waals surface area (Å²) in [6.45, 7) is 3.99. The molecule has 3 saturated heterocycles. The van der Waals surface area contributed by atoms with Crippen LogP contribution in [-0.4, -0.2) is 101 Å². The summed E-state index contributed by atoms with van der Waals surface area (Å²) in [7, 11) is 1.38. The van der Waals surface area contributed by atoms with E-state index < -0.39 is 17.8 Å². The molecule has 1 amide bonds. The van der Waals surface area contributed by atoms with E-state index in [1.165, 1.54) is 43.0 Å². The highest BCUT2D eigenvalue weighted by Crippen LogP contribution is 2.50. The Morgan fingerprint density at radius 1 is 1.21 bits per heavy atom. The maximum Gasteiger partial charge on any atom is 0.329 e. The molecule has 4 aliphatic heterocycles. The van der Waals surface area contributed by atoms with Gasteiger partial charge in [-0.25, -0.2) is 22.9 Å². The van der Waals surface area contributed by atoms with Crippen LogP contribution in [0.25, 0.3) is 32.1 Å². The number of alkyl halides is 1. The maximum atomic E-state index is 16.6. The van der Waals surface area contributed by atoms with Gasteiger partial charge in [0.05, 0.1) is 34.3 Å². The first-order valence-corrected chi connectivity index (χ1v) is 18.1. The molecule has 9 rings (SSSR count). The summed E-state index contributed by atoms with van der Waals surface area (Å²) < 4.78 is 57.0. The number of thiophene rings is 1. The van der Waals surface area contributed by atoms with Crippen LogP contribution in [0.3, 0.4) is 0 Å². The molecule has 0 spiro atoms. The van der Waals surface area contributed by atoms with Crippen LogP contribution in [-0.2, 0) is 0 Å². The lowest BCUT2D eigenvalue weighted by atomic mass is 9.96. The Morgan fingerprint density at radius 3 is 2.77 bits per heavy atom. The van der Waals surface area contributed by atoms with Gasteiger partial charge in [-0.15, -0.1) is 11.3 Å². The third-order valence-corrected chi connectivity index (χ3v) is 11.5. The molecular weight excluding hydrogens is 719 g/mol. The summed E-state index contributed by atoms with van der Waals surface area (Å²) >= 11 is 7.79. The lowest BCUT2D eigenvalue weighted by molar-refractivity contribution is 0.124. The second kappa shape index (κ2) is 13.6. The van der Waals surface area contributed by atoms with Gasteiger partial charge >= 0.3 is 12.0 Å². The number of fused-ring (bicyclic) bond motifs is 2. The third-order valence-electron chi connectivity index (χ3n) is 10.1. The summed E-state index contributed by atoms with van der Waals surface area (Å²) in [6.07, 6.45) is 7.42. The number of benzene rings is 2. The van der Waals surface area contributed by atoms with E-state index in [1.807, 2.05) is 11.0 Å². The lowest BCUT2D eigenvalue weighted by Crippen LogP contribution is -2.55. The molecule has 5 aromatic rings. The van der Waals surface area contributed by atoms with E-state index in [2.05, 4.69) is 19.9 Å². The number of aromatic nitrogens is 4. The molecule has 0 aliphatic carbocycles. The fourth-order valence-electron chi connectivity index (χ4n) is 7.69. The van der Waals surface area contributed by atoms with Crippen molar-refractivity contribution in [2.75, 3.05) is 63.6 Å². The number of nitriles is 1. The van der Waals surface area contributed by atoms with Gasteiger partial charge in [0.15, 0.2) is 11.6 Å². The maximum absolute atomic E-state index is 16.6. The molecule has 3 aromatic heterocycles. The van der Waals surface area contributed by atoms with E-state index in [1.54, 1.807) is 17.3 Å². The second-order valence-corrected chi connectivity index (χ2v) is 14.7. The van der Waals surface area contributed by atoms with Gasteiger partial charge in [0.25, 0.3) is 0 Å². The van der Waals surface area contributed by atoms with Crippen LogP contribution in [0.5, 0.6) is 11.8 Å². The van der Waals surface area contributed by atoms with Crippen molar-refractivity contribution in [3.8, 4) is 29.0 Å². The second-order valence-electron chi connectivity index (χ2n) is 13.3. The van der Waals surface area contributed by atoms with Crippen LogP contribution in [0.4, 0.5) is 28.8 Å². The van der Waals surface area contributed by atoms with Crippen LogP contribution in [0.2, 0.25) is 5.02 Å². The van der Waals surface area contributed by atoms with E-state index in [9.17, 15) is 18.8 Å². The molecule has 4 aliphatic rings. The first kappa shape index (κ1) is 34.2. The molecule has 3 fully saturated rings. The number of hydrogen-bond acceptors (Lipinski definition) is 11. The number of anilines is 2. The normalized spacial score (nSPS) is 19.8. The number of halogens is 4. The average molecular weight is 752 g/mol. The molecule has 12 nitrogen and oxygen atoms in total. The number of methoxy groups -OCH3 is 1. The van der Waals surface area contributed by atoms with Gasteiger partial charge in [0.2, 0.25) is 0 Å². The molecular formula is C35H33ClF3N9O3S. The zero-order valence-corrected chi connectivity index (χ0v) is 29.6. The van der Waals surface area contributed by atoms with Gasteiger partial charge in [-0.3, -0.25) is 9.47 Å². The molecule has 17 heteroatoms. The average Bonchev–Trinajstić information content (AvgIpc) is 3.91. The highest BCUT2D eigenvalue weighted by Gasteiger charge is 2.37. The zero-order chi connectivity index (χ0) is 36.3. The minimum atomic E-state index is -0.807. The van der Waals surface area contributed by atoms with Crippen molar-refractivity contribution in [1.29, 1.82) is 5.26 Å². The van der Waals surface area contributed by atoms with E-state index in [-0.39, 0.29) is 78.0 Å². The summed E-state index contributed by atoms with van der Waals surface area (Å²) in [4.78, 5) is 31.4. The number of hydrogen-bond donors (Lipinski definition) is 1. The number of nitrogens with zero attached hydrogens (tertiary/aromatic N) is 8. The molecule has 0 bridgehead atoms. The Bertz CT molecular complexity index is 2230. The van der Waals surface area contributed by atoms with Gasteiger partial charge in [-0.05, 0) is 37.4 Å². The molecule has 52 heavy (non-hydrogen) atoms. The Morgan fingerprint density at radius 2 is 2.04 bits per heavy atom. The Hall–Kier alpha value is -4.85. The highest BCUT2D eigenvalue weighted by atomic mass is 35.5. The summed E-state index contributed by atoms with van der Waals surface area (Å²) in [6, 6.07) is 4.93. The summed E-state index contributed by atoms with van der Waals surface area (Å²) in [5.41, 5.74) is 6.03. The minimum Gasteiger partial charge on any atom is -0.489 e. The summed E-state index contributed by atoms with van der Waals surface area (Å²) in [5.74, 6) is -0.739. The third kappa shape index (κ3) is 5.80. The fraction of sp³-hybridized carbons (Fsp3) is 0.400. The van der Waals surface area contributed by atoms with Crippen molar-refractivity contribution < 1.29 is 27.4 Å². The number of carbonyl (C=O) groups is 1. The van der Waals surface area contributed by atoms with Crippen molar-refractivity contribution in [2.45, 2.75) is 31.5 Å². The summed E-state index contributed by atoms with van der Waals surface area (Å²) in [5, 5.41) is 10.3. The van der Waals surface area contributed by atoms with Gasteiger partial charge < -0.3 is 25.0 Å². The quantitative estimate of drug-likeness (QED) is 0.230.